The van der Waals surface area contributed by atoms with E-state index >= 15 is 0 Å². The van der Waals surface area contributed by atoms with Crippen molar-refractivity contribution in [3.63, 3.8) is 0 Å². The Morgan fingerprint density at radius 2 is 1.95 bits per heavy atom. The molecule has 19 heavy (non-hydrogen) atoms. The van der Waals surface area contributed by atoms with Crippen molar-refractivity contribution in [3.8, 4) is 0 Å². The molecule has 5 heteroatoms. The number of aliphatic carboxylic acids is 1. The number of hydrogen-bond acceptors (Lipinski definition) is 3. The zero-order valence-electron chi connectivity index (χ0n) is 12.0. The molecule has 0 aromatic heterocycles. The van der Waals surface area contributed by atoms with Gasteiger partial charge < -0.3 is 15.7 Å². The number of carbonyl (C=O) groups excluding carboxylic acids is 1. The van der Waals surface area contributed by atoms with Crippen LogP contribution in [-0.2, 0) is 9.59 Å². The van der Waals surface area contributed by atoms with Gasteiger partial charge in [-0.25, -0.2) is 0 Å². The Labute approximate surface area is 115 Å². The van der Waals surface area contributed by atoms with Crippen molar-refractivity contribution in [3.05, 3.63) is 0 Å². The maximum Gasteiger partial charge on any atom is 0.308 e. The Morgan fingerprint density at radius 1 is 1.32 bits per heavy atom. The van der Waals surface area contributed by atoms with Crippen LogP contribution in [0.5, 0.6) is 0 Å². The Balaban J connectivity index is 2.54. The van der Waals surface area contributed by atoms with Gasteiger partial charge in [0.15, 0.2) is 0 Å². The monoisotopic (exact) mass is 270 g/mol. The SMILES string of the molecule is CCCC(CNC(=O)C1(CC)CCNCC1)C(=O)O. The van der Waals surface area contributed by atoms with Gasteiger partial charge in [0.25, 0.3) is 0 Å². The highest BCUT2D eigenvalue weighted by Gasteiger charge is 2.37. The van der Waals surface area contributed by atoms with Gasteiger partial charge in [-0.15, -0.1) is 0 Å². The molecule has 0 aromatic carbocycles. The van der Waals surface area contributed by atoms with Crippen molar-refractivity contribution in [1.29, 1.82) is 0 Å². The molecule has 1 saturated heterocycles. The summed E-state index contributed by atoms with van der Waals surface area (Å²) >= 11 is 0. The van der Waals surface area contributed by atoms with E-state index in [2.05, 4.69) is 10.6 Å². The molecular formula is C14H26N2O3. The summed E-state index contributed by atoms with van der Waals surface area (Å²) in [6.45, 7) is 5.96. The first-order valence-electron chi connectivity index (χ1n) is 7.27. The molecule has 1 atom stereocenters. The van der Waals surface area contributed by atoms with E-state index in [1.54, 1.807) is 0 Å². The average Bonchev–Trinajstić information content (AvgIpc) is 2.43. The van der Waals surface area contributed by atoms with Crippen molar-refractivity contribution in [2.75, 3.05) is 19.6 Å². The van der Waals surface area contributed by atoms with E-state index in [4.69, 9.17) is 5.11 Å². The van der Waals surface area contributed by atoms with Crippen molar-refractivity contribution in [2.45, 2.75) is 46.0 Å². The molecule has 0 saturated carbocycles. The number of nitrogens with one attached hydrogen (secondary N) is 2. The zero-order chi connectivity index (χ0) is 14.3. The van der Waals surface area contributed by atoms with Gasteiger partial charge in [0.1, 0.15) is 0 Å². The van der Waals surface area contributed by atoms with E-state index < -0.39 is 11.9 Å². The first-order valence-corrected chi connectivity index (χ1v) is 7.27. The number of carbonyl (C=O) groups is 2. The second-order valence-electron chi connectivity index (χ2n) is 5.42. The lowest BCUT2D eigenvalue weighted by molar-refractivity contribution is -0.142. The summed E-state index contributed by atoms with van der Waals surface area (Å²) in [5, 5.41) is 15.2. The van der Waals surface area contributed by atoms with Crippen LogP contribution in [0.2, 0.25) is 0 Å². The smallest absolute Gasteiger partial charge is 0.308 e. The minimum atomic E-state index is -0.821. The fraction of sp³-hybridized carbons (Fsp3) is 0.857. The molecule has 1 aliphatic rings. The van der Waals surface area contributed by atoms with Gasteiger partial charge in [0, 0.05) is 6.54 Å². The molecule has 0 bridgehead atoms. The molecule has 0 spiro atoms. The molecule has 5 nitrogen and oxygen atoms in total. The molecule has 1 unspecified atom stereocenters. The Morgan fingerprint density at radius 3 is 2.42 bits per heavy atom. The highest BCUT2D eigenvalue weighted by molar-refractivity contribution is 5.83. The van der Waals surface area contributed by atoms with Gasteiger partial charge in [-0.3, -0.25) is 9.59 Å². The molecular weight excluding hydrogens is 244 g/mol. The molecule has 0 aliphatic carbocycles. The molecule has 1 heterocycles. The predicted octanol–water partition coefficient (Wildman–Crippen LogP) is 1.38. The van der Waals surface area contributed by atoms with Crippen LogP contribution in [0, 0.1) is 11.3 Å². The minimum Gasteiger partial charge on any atom is -0.481 e. The van der Waals surface area contributed by atoms with Crippen LogP contribution in [0.1, 0.15) is 46.0 Å². The van der Waals surface area contributed by atoms with Gasteiger partial charge in [0.2, 0.25) is 5.91 Å². The number of hydrogen-bond donors (Lipinski definition) is 3. The molecule has 0 radical (unpaired) electrons. The molecule has 3 N–H and O–H groups in total. The largest absolute Gasteiger partial charge is 0.481 e. The van der Waals surface area contributed by atoms with Crippen molar-refractivity contribution in [2.24, 2.45) is 11.3 Å². The number of carboxylic acid groups (broad SMARTS) is 1. The lowest BCUT2D eigenvalue weighted by atomic mass is 9.76. The van der Waals surface area contributed by atoms with Gasteiger partial charge in [0.05, 0.1) is 11.3 Å². The zero-order valence-corrected chi connectivity index (χ0v) is 12.0. The maximum absolute atomic E-state index is 12.4. The van der Waals surface area contributed by atoms with E-state index in [9.17, 15) is 9.59 Å². The van der Waals surface area contributed by atoms with Crippen LogP contribution in [0.4, 0.5) is 0 Å². The summed E-state index contributed by atoms with van der Waals surface area (Å²) in [5.41, 5.74) is -0.305. The van der Waals surface area contributed by atoms with E-state index in [0.717, 1.165) is 38.8 Å². The first kappa shape index (κ1) is 16.0. The lowest BCUT2D eigenvalue weighted by Gasteiger charge is -2.35. The number of amides is 1. The van der Waals surface area contributed by atoms with E-state index in [1.807, 2.05) is 13.8 Å². The Bertz CT molecular complexity index is 312. The van der Waals surface area contributed by atoms with E-state index in [1.165, 1.54) is 0 Å². The van der Waals surface area contributed by atoms with Crippen molar-refractivity contribution in [1.82, 2.24) is 10.6 Å². The van der Waals surface area contributed by atoms with Crippen LogP contribution in [0.3, 0.4) is 0 Å². The third-order valence-electron chi connectivity index (χ3n) is 4.21. The molecule has 1 aliphatic heterocycles. The normalized spacial score (nSPS) is 19.7. The van der Waals surface area contributed by atoms with Crippen LogP contribution in [0.15, 0.2) is 0 Å². The number of rotatable bonds is 7. The highest BCUT2D eigenvalue weighted by atomic mass is 16.4. The van der Waals surface area contributed by atoms with Crippen LogP contribution in [-0.4, -0.2) is 36.6 Å². The van der Waals surface area contributed by atoms with E-state index in [-0.39, 0.29) is 17.9 Å². The third-order valence-corrected chi connectivity index (χ3v) is 4.21. The molecule has 1 rings (SSSR count). The number of piperidine rings is 1. The van der Waals surface area contributed by atoms with E-state index in [0.29, 0.717) is 6.42 Å². The topological polar surface area (TPSA) is 78.4 Å². The van der Waals surface area contributed by atoms with Gasteiger partial charge >= 0.3 is 5.97 Å². The molecule has 110 valence electrons. The summed E-state index contributed by atoms with van der Waals surface area (Å²) in [6, 6.07) is 0. The fourth-order valence-electron chi connectivity index (χ4n) is 2.71. The average molecular weight is 270 g/mol. The highest BCUT2D eigenvalue weighted by Crippen LogP contribution is 2.32. The van der Waals surface area contributed by atoms with Crippen molar-refractivity contribution >= 4 is 11.9 Å². The van der Waals surface area contributed by atoms with Gasteiger partial charge in [-0.2, -0.15) is 0 Å². The second kappa shape index (κ2) is 7.48. The first-order chi connectivity index (χ1) is 9.05. The van der Waals surface area contributed by atoms with Crippen LogP contribution < -0.4 is 10.6 Å². The maximum atomic E-state index is 12.4. The second-order valence-corrected chi connectivity index (χ2v) is 5.42. The van der Waals surface area contributed by atoms with Crippen molar-refractivity contribution < 1.29 is 14.7 Å². The summed E-state index contributed by atoms with van der Waals surface area (Å²) < 4.78 is 0. The standard InChI is InChI=1S/C14H26N2O3/c1-3-5-11(12(17)18)10-16-13(19)14(4-2)6-8-15-9-7-14/h11,15H,3-10H2,1-2H3,(H,16,19)(H,17,18). The predicted molar refractivity (Wildman–Crippen MR) is 73.9 cm³/mol. The molecule has 1 fully saturated rings. The lowest BCUT2D eigenvalue weighted by Crippen LogP contribution is -2.48. The summed E-state index contributed by atoms with van der Waals surface area (Å²) in [4.78, 5) is 23.4. The summed E-state index contributed by atoms with van der Waals surface area (Å²) in [5.74, 6) is -1.26. The number of carboxylic acids is 1. The third kappa shape index (κ3) is 4.20. The molecule has 1 amide bonds. The Kier molecular flexibility index (Phi) is 6.28. The van der Waals surface area contributed by atoms with Gasteiger partial charge in [-0.1, -0.05) is 20.3 Å². The minimum absolute atomic E-state index is 0.0267. The fourth-order valence-corrected chi connectivity index (χ4v) is 2.71. The Hall–Kier alpha value is -1.10. The summed E-state index contributed by atoms with van der Waals surface area (Å²) in [7, 11) is 0. The van der Waals surface area contributed by atoms with Crippen LogP contribution in [0.25, 0.3) is 0 Å². The quantitative estimate of drug-likeness (QED) is 0.653. The van der Waals surface area contributed by atoms with Crippen LogP contribution >= 0.6 is 0 Å². The van der Waals surface area contributed by atoms with Gasteiger partial charge in [-0.05, 0) is 38.8 Å². The molecule has 0 aromatic rings. The summed E-state index contributed by atoms with van der Waals surface area (Å²) in [6.07, 6.45) is 3.90.